The molecule has 1 N–H and O–H groups in total. The van der Waals surface area contributed by atoms with Gasteiger partial charge in [-0.2, -0.15) is 0 Å². The number of hydrogen-bond acceptors (Lipinski definition) is 3. The van der Waals surface area contributed by atoms with Crippen LogP contribution in [0.25, 0.3) is 0 Å². The third-order valence-corrected chi connectivity index (χ3v) is 4.33. The van der Waals surface area contributed by atoms with Crippen molar-refractivity contribution in [1.29, 1.82) is 0 Å². The molecule has 0 saturated heterocycles. The van der Waals surface area contributed by atoms with Crippen molar-refractivity contribution in [3.05, 3.63) is 58.9 Å². The molecule has 1 heterocycles. The SMILES string of the molecule is COc1cc(C)ccc1C(=O)N[C@@H](c1ncccc1C)C1CC1. The summed E-state index contributed by atoms with van der Waals surface area (Å²) in [5, 5.41) is 3.17. The summed E-state index contributed by atoms with van der Waals surface area (Å²) in [4.78, 5) is 17.2. The maximum atomic E-state index is 12.7. The number of aryl methyl sites for hydroxylation is 2. The lowest BCUT2D eigenvalue weighted by Crippen LogP contribution is -2.31. The van der Waals surface area contributed by atoms with Gasteiger partial charge in [0.15, 0.2) is 0 Å². The molecule has 0 radical (unpaired) electrons. The minimum absolute atomic E-state index is 0.0327. The fourth-order valence-corrected chi connectivity index (χ4v) is 2.87. The number of aromatic nitrogens is 1. The van der Waals surface area contributed by atoms with Crippen molar-refractivity contribution in [1.82, 2.24) is 10.3 Å². The van der Waals surface area contributed by atoms with Gasteiger partial charge in [-0.05, 0) is 61.9 Å². The number of nitrogens with zero attached hydrogens (tertiary/aromatic N) is 1. The van der Waals surface area contributed by atoms with Gasteiger partial charge in [0.1, 0.15) is 5.75 Å². The number of hydrogen-bond donors (Lipinski definition) is 1. The summed E-state index contributed by atoms with van der Waals surface area (Å²) in [5.74, 6) is 0.975. The van der Waals surface area contributed by atoms with Crippen LogP contribution >= 0.6 is 0 Å². The molecule has 1 aliphatic carbocycles. The molecule has 4 nitrogen and oxygen atoms in total. The van der Waals surface area contributed by atoms with Gasteiger partial charge in [-0.25, -0.2) is 0 Å². The average molecular weight is 310 g/mol. The zero-order valence-corrected chi connectivity index (χ0v) is 13.8. The standard InChI is InChI=1S/C19H22N2O2/c1-12-6-9-15(16(11-12)23-3)19(22)21-18(14-7-8-14)17-13(2)5-4-10-20-17/h4-6,9-11,14,18H,7-8H2,1-3H3,(H,21,22)/t18-/m1/s1. The largest absolute Gasteiger partial charge is 0.496 e. The Balaban J connectivity index is 1.87. The lowest BCUT2D eigenvalue weighted by molar-refractivity contribution is 0.0927. The second-order valence-corrected chi connectivity index (χ2v) is 6.20. The lowest BCUT2D eigenvalue weighted by Gasteiger charge is -2.20. The van der Waals surface area contributed by atoms with Crippen LogP contribution in [-0.4, -0.2) is 18.0 Å². The monoisotopic (exact) mass is 310 g/mol. The van der Waals surface area contributed by atoms with Gasteiger partial charge in [0.2, 0.25) is 0 Å². The molecule has 1 aromatic heterocycles. The summed E-state index contributed by atoms with van der Waals surface area (Å²) in [6.45, 7) is 4.02. The number of benzene rings is 1. The number of carbonyl (C=O) groups is 1. The molecule has 1 amide bonds. The molecule has 2 aromatic rings. The molecule has 23 heavy (non-hydrogen) atoms. The highest BCUT2D eigenvalue weighted by Crippen LogP contribution is 2.41. The van der Waals surface area contributed by atoms with E-state index in [1.54, 1.807) is 13.3 Å². The number of pyridine rings is 1. The Hall–Kier alpha value is -2.36. The summed E-state index contributed by atoms with van der Waals surface area (Å²) < 4.78 is 5.36. The molecule has 3 rings (SSSR count). The van der Waals surface area contributed by atoms with Gasteiger partial charge in [-0.3, -0.25) is 9.78 Å². The molecule has 0 bridgehead atoms. The molecule has 120 valence electrons. The first kappa shape index (κ1) is 15.5. The number of carbonyl (C=O) groups excluding carboxylic acids is 1. The van der Waals surface area contributed by atoms with Gasteiger partial charge < -0.3 is 10.1 Å². The second kappa shape index (κ2) is 6.41. The topological polar surface area (TPSA) is 51.2 Å². The molecular formula is C19H22N2O2. The summed E-state index contributed by atoms with van der Waals surface area (Å²) >= 11 is 0. The Labute approximate surface area is 136 Å². The molecular weight excluding hydrogens is 288 g/mol. The van der Waals surface area contributed by atoms with Crippen LogP contribution in [0.3, 0.4) is 0 Å². The number of methoxy groups -OCH3 is 1. The van der Waals surface area contributed by atoms with E-state index in [4.69, 9.17) is 4.74 Å². The first-order valence-corrected chi connectivity index (χ1v) is 7.97. The average Bonchev–Trinajstić information content (AvgIpc) is 3.38. The van der Waals surface area contributed by atoms with E-state index < -0.39 is 0 Å². The lowest BCUT2D eigenvalue weighted by atomic mass is 10.0. The van der Waals surface area contributed by atoms with Gasteiger partial charge >= 0.3 is 0 Å². The molecule has 0 aliphatic heterocycles. The minimum Gasteiger partial charge on any atom is -0.496 e. The van der Waals surface area contributed by atoms with Crippen LogP contribution in [0.2, 0.25) is 0 Å². The van der Waals surface area contributed by atoms with Gasteiger partial charge in [0.25, 0.3) is 5.91 Å². The van der Waals surface area contributed by atoms with Crippen LogP contribution in [-0.2, 0) is 0 Å². The third kappa shape index (κ3) is 3.36. The van der Waals surface area contributed by atoms with Crippen molar-refractivity contribution in [2.24, 2.45) is 5.92 Å². The Morgan fingerprint density at radius 1 is 1.30 bits per heavy atom. The maximum absolute atomic E-state index is 12.7. The first-order valence-electron chi connectivity index (χ1n) is 7.97. The first-order chi connectivity index (χ1) is 11.1. The fraction of sp³-hybridized carbons (Fsp3) is 0.368. The highest BCUT2D eigenvalue weighted by Gasteiger charge is 2.35. The van der Waals surface area contributed by atoms with Crippen molar-refractivity contribution in [3.63, 3.8) is 0 Å². The summed E-state index contributed by atoms with van der Waals surface area (Å²) in [6.07, 6.45) is 4.05. The molecule has 1 aromatic carbocycles. The van der Waals surface area contributed by atoms with Gasteiger partial charge in [-0.1, -0.05) is 12.1 Å². The smallest absolute Gasteiger partial charge is 0.255 e. The molecule has 1 aliphatic rings. The minimum atomic E-state index is -0.108. The molecule has 1 saturated carbocycles. The normalized spacial score (nSPS) is 15.1. The van der Waals surface area contributed by atoms with Crippen LogP contribution in [0.5, 0.6) is 5.75 Å². The van der Waals surface area contributed by atoms with Crippen LogP contribution in [0.1, 0.15) is 46.1 Å². The van der Waals surface area contributed by atoms with E-state index >= 15 is 0 Å². The van der Waals surface area contributed by atoms with Gasteiger partial charge in [0.05, 0.1) is 24.4 Å². The molecule has 1 fully saturated rings. The molecule has 4 heteroatoms. The van der Waals surface area contributed by atoms with Gasteiger partial charge in [-0.15, -0.1) is 0 Å². The third-order valence-electron chi connectivity index (χ3n) is 4.33. The molecule has 0 spiro atoms. The zero-order chi connectivity index (χ0) is 16.4. The predicted molar refractivity (Wildman–Crippen MR) is 89.6 cm³/mol. The van der Waals surface area contributed by atoms with Crippen LogP contribution in [0.4, 0.5) is 0 Å². The van der Waals surface area contributed by atoms with E-state index in [0.29, 0.717) is 17.2 Å². The Kier molecular flexibility index (Phi) is 4.33. The van der Waals surface area contributed by atoms with E-state index in [0.717, 1.165) is 29.7 Å². The second-order valence-electron chi connectivity index (χ2n) is 6.20. The Bertz CT molecular complexity index is 723. The van der Waals surface area contributed by atoms with Crippen molar-refractivity contribution in [2.45, 2.75) is 32.7 Å². The zero-order valence-electron chi connectivity index (χ0n) is 13.8. The van der Waals surface area contributed by atoms with Crippen molar-refractivity contribution in [2.75, 3.05) is 7.11 Å². The molecule has 1 atom stereocenters. The fourth-order valence-electron chi connectivity index (χ4n) is 2.87. The summed E-state index contributed by atoms with van der Waals surface area (Å²) in [5.41, 5.74) is 3.71. The Morgan fingerprint density at radius 2 is 2.09 bits per heavy atom. The molecule has 0 unspecified atom stereocenters. The van der Waals surface area contributed by atoms with Crippen LogP contribution in [0.15, 0.2) is 36.5 Å². The van der Waals surface area contributed by atoms with Crippen molar-refractivity contribution in [3.8, 4) is 5.75 Å². The van der Waals surface area contributed by atoms with E-state index in [9.17, 15) is 4.79 Å². The van der Waals surface area contributed by atoms with Crippen molar-refractivity contribution < 1.29 is 9.53 Å². The van der Waals surface area contributed by atoms with Crippen molar-refractivity contribution >= 4 is 5.91 Å². The van der Waals surface area contributed by atoms with E-state index in [1.165, 1.54) is 0 Å². The highest BCUT2D eigenvalue weighted by atomic mass is 16.5. The predicted octanol–water partition coefficient (Wildman–Crippen LogP) is 3.59. The maximum Gasteiger partial charge on any atom is 0.255 e. The van der Waals surface area contributed by atoms with Crippen LogP contribution < -0.4 is 10.1 Å². The number of nitrogens with one attached hydrogen (secondary N) is 1. The quantitative estimate of drug-likeness (QED) is 0.918. The van der Waals surface area contributed by atoms with E-state index in [1.807, 2.05) is 44.2 Å². The van der Waals surface area contributed by atoms with Crippen LogP contribution in [0, 0.1) is 19.8 Å². The highest BCUT2D eigenvalue weighted by molar-refractivity contribution is 5.97. The van der Waals surface area contributed by atoms with E-state index in [-0.39, 0.29) is 11.9 Å². The number of amides is 1. The number of ether oxygens (including phenoxy) is 1. The summed E-state index contributed by atoms with van der Waals surface area (Å²) in [6, 6.07) is 9.56. The Morgan fingerprint density at radius 3 is 2.74 bits per heavy atom. The van der Waals surface area contributed by atoms with Gasteiger partial charge in [0, 0.05) is 6.20 Å². The number of rotatable bonds is 5. The van der Waals surface area contributed by atoms with E-state index in [2.05, 4.69) is 10.3 Å². The summed E-state index contributed by atoms with van der Waals surface area (Å²) in [7, 11) is 1.59.